The standard InChI is InChI=1S/C11H20NO2/c1-10(13)14-11-5-8-12(9-11)6-3-2-4-7-12/h11H,2-9H2,1H3/q+1. The van der Waals surface area contributed by atoms with Crippen molar-refractivity contribution in [2.75, 3.05) is 26.2 Å². The second-order valence-corrected chi connectivity index (χ2v) is 4.78. The van der Waals surface area contributed by atoms with Crippen molar-refractivity contribution in [2.45, 2.75) is 38.7 Å². The van der Waals surface area contributed by atoms with E-state index >= 15 is 0 Å². The molecule has 3 heteroatoms. The summed E-state index contributed by atoms with van der Waals surface area (Å²) in [6.07, 6.45) is 5.36. The maximum absolute atomic E-state index is 10.8. The topological polar surface area (TPSA) is 26.3 Å². The molecule has 0 bridgehead atoms. The first kappa shape index (κ1) is 9.97. The molecule has 2 aliphatic rings. The van der Waals surface area contributed by atoms with Crippen molar-refractivity contribution in [3.8, 4) is 0 Å². The molecule has 2 heterocycles. The Balaban J connectivity index is 1.89. The first-order valence-corrected chi connectivity index (χ1v) is 5.73. The molecular formula is C11H20NO2+. The lowest BCUT2D eigenvalue weighted by Crippen LogP contribution is -2.50. The predicted molar refractivity (Wildman–Crippen MR) is 53.8 cm³/mol. The normalized spacial score (nSPS) is 30.5. The minimum absolute atomic E-state index is 0.118. The number of ether oxygens (including phenoxy) is 1. The molecule has 0 aromatic carbocycles. The first-order valence-electron chi connectivity index (χ1n) is 5.73. The molecule has 2 rings (SSSR count). The largest absolute Gasteiger partial charge is 0.456 e. The van der Waals surface area contributed by atoms with E-state index in [1.165, 1.54) is 50.3 Å². The van der Waals surface area contributed by atoms with E-state index in [1.807, 2.05) is 0 Å². The Morgan fingerprint density at radius 2 is 1.93 bits per heavy atom. The minimum Gasteiger partial charge on any atom is -0.456 e. The summed E-state index contributed by atoms with van der Waals surface area (Å²) in [7, 11) is 0. The van der Waals surface area contributed by atoms with Crippen LogP contribution in [0, 0.1) is 0 Å². The molecule has 0 aromatic rings. The van der Waals surface area contributed by atoms with Gasteiger partial charge in [0.25, 0.3) is 0 Å². The Labute approximate surface area is 85.6 Å². The minimum atomic E-state index is -0.118. The number of rotatable bonds is 1. The molecule has 0 amide bonds. The lowest BCUT2D eigenvalue weighted by atomic mass is 10.1. The van der Waals surface area contributed by atoms with Gasteiger partial charge in [0, 0.05) is 13.3 Å². The first-order chi connectivity index (χ1) is 6.70. The lowest BCUT2D eigenvalue weighted by molar-refractivity contribution is -0.922. The van der Waals surface area contributed by atoms with Gasteiger partial charge in [-0.2, -0.15) is 0 Å². The van der Waals surface area contributed by atoms with Gasteiger partial charge < -0.3 is 9.22 Å². The zero-order valence-electron chi connectivity index (χ0n) is 9.00. The Kier molecular flexibility index (Phi) is 2.77. The molecule has 1 atom stereocenters. The second kappa shape index (κ2) is 3.89. The van der Waals surface area contributed by atoms with Crippen molar-refractivity contribution >= 4 is 5.97 Å². The molecule has 0 N–H and O–H groups in total. The average Bonchev–Trinajstić information content (AvgIpc) is 2.49. The van der Waals surface area contributed by atoms with Gasteiger partial charge in [0.2, 0.25) is 0 Å². The summed E-state index contributed by atoms with van der Waals surface area (Å²) in [5, 5.41) is 0. The number of carbonyl (C=O) groups excluding carboxylic acids is 1. The van der Waals surface area contributed by atoms with Gasteiger partial charge in [0.05, 0.1) is 19.6 Å². The molecule has 14 heavy (non-hydrogen) atoms. The molecule has 1 spiro atoms. The molecule has 2 fully saturated rings. The van der Waals surface area contributed by atoms with Crippen LogP contribution in [0.3, 0.4) is 0 Å². The van der Waals surface area contributed by atoms with Gasteiger partial charge in [0.15, 0.2) is 6.10 Å². The zero-order valence-corrected chi connectivity index (χ0v) is 9.00. The summed E-state index contributed by atoms with van der Waals surface area (Å²) in [5.41, 5.74) is 0. The summed E-state index contributed by atoms with van der Waals surface area (Å²) in [4.78, 5) is 10.8. The van der Waals surface area contributed by atoms with Crippen molar-refractivity contribution in [1.82, 2.24) is 0 Å². The summed E-state index contributed by atoms with van der Waals surface area (Å²) >= 11 is 0. The van der Waals surface area contributed by atoms with Crippen LogP contribution in [0.4, 0.5) is 0 Å². The van der Waals surface area contributed by atoms with Crippen LogP contribution < -0.4 is 0 Å². The van der Waals surface area contributed by atoms with Crippen LogP contribution >= 0.6 is 0 Å². The molecule has 0 aliphatic carbocycles. The smallest absolute Gasteiger partial charge is 0.303 e. The molecule has 0 radical (unpaired) electrons. The highest BCUT2D eigenvalue weighted by molar-refractivity contribution is 5.66. The van der Waals surface area contributed by atoms with Gasteiger partial charge >= 0.3 is 5.97 Å². The van der Waals surface area contributed by atoms with Crippen molar-refractivity contribution in [3.63, 3.8) is 0 Å². The van der Waals surface area contributed by atoms with Crippen LogP contribution in [0.1, 0.15) is 32.6 Å². The second-order valence-electron chi connectivity index (χ2n) is 4.78. The van der Waals surface area contributed by atoms with E-state index in [2.05, 4.69) is 0 Å². The van der Waals surface area contributed by atoms with Crippen molar-refractivity contribution in [3.05, 3.63) is 0 Å². The SMILES string of the molecule is CC(=O)OC1CC[N+]2(CCCCC2)C1. The van der Waals surface area contributed by atoms with Crippen LogP contribution in [0.5, 0.6) is 0 Å². The van der Waals surface area contributed by atoms with Crippen LogP contribution in [0.2, 0.25) is 0 Å². The zero-order chi connectivity index (χ0) is 10.0. The summed E-state index contributed by atoms with van der Waals surface area (Å²) in [5.74, 6) is -0.118. The van der Waals surface area contributed by atoms with E-state index in [0.29, 0.717) is 0 Å². The highest BCUT2D eigenvalue weighted by Crippen LogP contribution is 2.27. The third-order valence-corrected chi connectivity index (χ3v) is 3.61. The number of nitrogens with zero attached hydrogens (tertiary/aromatic N) is 1. The lowest BCUT2D eigenvalue weighted by Gasteiger charge is -2.37. The Morgan fingerprint density at radius 1 is 1.21 bits per heavy atom. The van der Waals surface area contributed by atoms with Crippen molar-refractivity contribution < 1.29 is 14.0 Å². The van der Waals surface area contributed by atoms with Crippen LogP contribution in [0.25, 0.3) is 0 Å². The maximum atomic E-state index is 10.8. The average molecular weight is 198 g/mol. The van der Waals surface area contributed by atoms with Crippen LogP contribution in [-0.4, -0.2) is 42.7 Å². The highest BCUT2D eigenvalue weighted by Gasteiger charge is 2.40. The highest BCUT2D eigenvalue weighted by atomic mass is 16.5. The summed E-state index contributed by atoms with van der Waals surface area (Å²) in [6.45, 7) is 6.41. The number of piperidine rings is 1. The van der Waals surface area contributed by atoms with E-state index in [0.717, 1.165) is 13.0 Å². The van der Waals surface area contributed by atoms with Gasteiger partial charge in [-0.1, -0.05) is 0 Å². The summed E-state index contributed by atoms with van der Waals surface area (Å²) in [6, 6.07) is 0. The van der Waals surface area contributed by atoms with Gasteiger partial charge in [-0.25, -0.2) is 0 Å². The number of esters is 1. The fraction of sp³-hybridized carbons (Fsp3) is 0.909. The van der Waals surface area contributed by atoms with Gasteiger partial charge in [-0.3, -0.25) is 4.79 Å². The monoisotopic (exact) mass is 198 g/mol. The Morgan fingerprint density at radius 3 is 2.57 bits per heavy atom. The van der Waals surface area contributed by atoms with Gasteiger partial charge in [-0.15, -0.1) is 0 Å². The number of hydrogen-bond donors (Lipinski definition) is 0. The number of carbonyl (C=O) groups is 1. The third kappa shape index (κ3) is 2.08. The molecule has 3 nitrogen and oxygen atoms in total. The van der Waals surface area contributed by atoms with Crippen molar-refractivity contribution in [1.29, 1.82) is 0 Å². The Bertz CT molecular complexity index is 221. The molecule has 2 saturated heterocycles. The molecule has 80 valence electrons. The van der Waals surface area contributed by atoms with Gasteiger partial charge in [-0.05, 0) is 19.3 Å². The molecule has 0 saturated carbocycles. The maximum Gasteiger partial charge on any atom is 0.303 e. The predicted octanol–water partition coefficient (Wildman–Crippen LogP) is 1.32. The molecular weight excluding hydrogens is 178 g/mol. The van der Waals surface area contributed by atoms with E-state index in [4.69, 9.17) is 4.74 Å². The molecule has 0 aromatic heterocycles. The molecule has 2 aliphatic heterocycles. The van der Waals surface area contributed by atoms with Gasteiger partial charge in [0.1, 0.15) is 6.54 Å². The Hall–Kier alpha value is -0.570. The van der Waals surface area contributed by atoms with Crippen LogP contribution in [-0.2, 0) is 9.53 Å². The fourth-order valence-electron chi connectivity index (χ4n) is 2.95. The van der Waals surface area contributed by atoms with E-state index < -0.39 is 0 Å². The molecule has 1 unspecified atom stereocenters. The number of quaternary nitrogens is 1. The quantitative estimate of drug-likeness (QED) is 0.469. The number of hydrogen-bond acceptors (Lipinski definition) is 2. The summed E-state index contributed by atoms with van der Waals surface area (Å²) < 4.78 is 6.50. The van der Waals surface area contributed by atoms with Crippen molar-refractivity contribution in [2.24, 2.45) is 0 Å². The van der Waals surface area contributed by atoms with E-state index in [1.54, 1.807) is 0 Å². The third-order valence-electron chi connectivity index (χ3n) is 3.61. The van der Waals surface area contributed by atoms with Crippen LogP contribution in [0.15, 0.2) is 0 Å². The van der Waals surface area contributed by atoms with E-state index in [-0.39, 0.29) is 12.1 Å². The van der Waals surface area contributed by atoms with E-state index in [9.17, 15) is 4.79 Å². The fourth-order valence-corrected chi connectivity index (χ4v) is 2.95.